The van der Waals surface area contributed by atoms with Crippen LogP contribution in [0.2, 0.25) is 0 Å². The van der Waals surface area contributed by atoms with Gasteiger partial charge in [0.1, 0.15) is 0 Å². The number of carbonyl (C=O) groups is 1. The van der Waals surface area contributed by atoms with Crippen molar-refractivity contribution in [3.63, 3.8) is 0 Å². The summed E-state index contributed by atoms with van der Waals surface area (Å²) in [5.41, 5.74) is 2.21. The number of nitrogens with zero attached hydrogens (tertiary/aromatic N) is 1. The Kier molecular flexibility index (Phi) is 6.09. The molecule has 126 valence electrons. The Balaban J connectivity index is 1.43. The Morgan fingerprint density at radius 1 is 1.04 bits per heavy atom. The molecule has 0 aliphatic carbocycles. The average Bonchev–Trinajstić information content (AvgIpc) is 2.60. The number of nitrogens with one attached hydrogen (secondary N) is 2. The third-order valence-electron chi connectivity index (χ3n) is 4.29. The molecule has 1 saturated heterocycles. The molecule has 0 aromatic heterocycles. The van der Waals surface area contributed by atoms with Crippen molar-refractivity contribution in [3.8, 4) is 0 Å². The number of halogens is 1. The monoisotopic (exact) mass is 435 g/mol. The van der Waals surface area contributed by atoms with Gasteiger partial charge in [0.15, 0.2) is 0 Å². The lowest BCUT2D eigenvalue weighted by Gasteiger charge is -2.32. The molecule has 4 nitrogen and oxygen atoms in total. The highest BCUT2D eigenvalue weighted by atomic mass is 127. The van der Waals surface area contributed by atoms with Gasteiger partial charge in [0.25, 0.3) is 0 Å². The summed E-state index contributed by atoms with van der Waals surface area (Å²) in [5, 5.41) is 6.04. The van der Waals surface area contributed by atoms with Gasteiger partial charge in [-0.2, -0.15) is 0 Å². The number of para-hydroxylation sites is 1. The highest BCUT2D eigenvalue weighted by Crippen LogP contribution is 2.17. The number of carbonyl (C=O) groups excluding carboxylic acids is 1. The maximum Gasteiger partial charge on any atom is 0.319 e. The van der Waals surface area contributed by atoms with Gasteiger partial charge in [-0.05, 0) is 53.1 Å². The van der Waals surface area contributed by atoms with Crippen molar-refractivity contribution >= 4 is 34.3 Å². The van der Waals surface area contributed by atoms with Gasteiger partial charge < -0.3 is 10.6 Å². The lowest BCUT2D eigenvalue weighted by Crippen LogP contribution is -2.45. The number of hydrogen-bond acceptors (Lipinski definition) is 2. The first-order chi connectivity index (χ1) is 11.7. The molecule has 0 radical (unpaired) electrons. The van der Waals surface area contributed by atoms with Gasteiger partial charge in [-0.25, -0.2) is 4.79 Å². The van der Waals surface area contributed by atoms with Crippen LogP contribution in [0.4, 0.5) is 10.5 Å². The van der Waals surface area contributed by atoms with Crippen LogP contribution in [0.15, 0.2) is 54.6 Å². The quantitative estimate of drug-likeness (QED) is 0.712. The van der Waals surface area contributed by atoms with Crippen LogP contribution in [0.3, 0.4) is 0 Å². The fourth-order valence-corrected chi connectivity index (χ4v) is 3.51. The van der Waals surface area contributed by atoms with Crippen molar-refractivity contribution < 1.29 is 4.79 Å². The number of piperidine rings is 1. The third kappa shape index (κ3) is 4.95. The zero-order valence-electron chi connectivity index (χ0n) is 13.5. The lowest BCUT2D eigenvalue weighted by atomic mass is 10.0. The fraction of sp³-hybridized carbons (Fsp3) is 0.316. The summed E-state index contributed by atoms with van der Waals surface area (Å²) in [6, 6.07) is 18.5. The minimum Gasteiger partial charge on any atom is -0.335 e. The van der Waals surface area contributed by atoms with Gasteiger partial charge in [0.2, 0.25) is 0 Å². The minimum absolute atomic E-state index is 0.111. The first-order valence-corrected chi connectivity index (χ1v) is 9.37. The largest absolute Gasteiger partial charge is 0.335 e. The maximum absolute atomic E-state index is 12.2. The van der Waals surface area contributed by atoms with E-state index in [4.69, 9.17) is 0 Å². The SMILES string of the molecule is O=C(Nc1ccccc1I)NC1CCN(Cc2ccccc2)CC1. The third-order valence-corrected chi connectivity index (χ3v) is 5.23. The normalized spacial score (nSPS) is 15.9. The van der Waals surface area contributed by atoms with Crippen LogP contribution < -0.4 is 10.6 Å². The van der Waals surface area contributed by atoms with E-state index in [2.05, 4.69) is 62.4 Å². The second-order valence-electron chi connectivity index (χ2n) is 6.11. The summed E-state index contributed by atoms with van der Waals surface area (Å²) in [5.74, 6) is 0. The molecule has 2 aromatic carbocycles. The summed E-state index contributed by atoms with van der Waals surface area (Å²) in [6.07, 6.45) is 1.98. The molecule has 5 heteroatoms. The summed E-state index contributed by atoms with van der Waals surface area (Å²) >= 11 is 2.23. The molecule has 1 fully saturated rings. The number of benzene rings is 2. The van der Waals surface area contributed by atoms with E-state index in [1.54, 1.807) is 0 Å². The topological polar surface area (TPSA) is 44.4 Å². The van der Waals surface area contributed by atoms with Crippen molar-refractivity contribution in [1.29, 1.82) is 0 Å². The molecule has 1 aliphatic rings. The van der Waals surface area contributed by atoms with E-state index < -0.39 is 0 Å². The summed E-state index contributed by atoms with van der Waals surface area (Å²) in [6.45, 7) is 3.02. The molecule has 24 heavy (non-hydrogen) atoms. The molecule has 2 amide bonds. The highest BCUT2D eigenvalue weighted by molar-refractivity contribution is 14.1. The Morgan fingerprint density at radius 3 is 2.42 bits per heavy atom. The number of anilines is 1. The second-order valence-corrected chi connectivity index (χ2v) is 7.28. The van der Waals surface area contributed by atoms with E-state index in [9.17, 15) is 4.79 Å². The van der Waals surface area contributed by atoms with E-state index in [1.165, 1.54) is 5.56 Å². The van der Waals surface area contributed by atoms with Gasteiger partial charge in [-0.15, -0.1) is 0 Å². The zero-order chi connectivity index (χ0) is 16.8. The molecule has 3 rings (SSSR count). The predicted molar refractivity (Wildman–Crippen MR) is 106 cm³/mol. The van der Waals surface area contributed by atoms with Crippen LogP contribution in [0.1, 0.15) is 18.4 Å². The molecule has 0 bridgehead atoms. The van der Waals surface area contributed by atoms with Gasteiger partial charge in [0.05, 0.1) is 5.69 Å². The van der Waals surface area contributed by atoms with Crippen LogP contribution in [0.5, 0.6) is 0 Å². The van der Waals surface area contributed by atoms with E-state index >= 15 is 0 Å². The van der Waals surface area contributed by atoms with Crippen LogP contribution >= 0.6 is 22.6 Å². The maximum atomic E-state index is 12.2. The van der Waals surface area contributed by atoms with Gasteiger partial charge in [-0.1, -0.05) is 42.5 Å². The van der Waals surface area contributed by atoms with E-state index in [0.29, 0.717) is 0 Å². The second kappa shape index (κ2) is 8.48. The van der Waals surface area contributed by atoms with E-state index in [0.717, 1.165) is 41.7 Å². The average molecular weight is 435 g/mol. The lowest BCUT2D eigenvalue weighted by molar-refractivity contribution is 0.190. The number of amides is 2. The van der Waals surface area contributed by atoms with Crippen LogP contribution in [-0.4, -0.2) is 30.1 Å². The standard InChI is InChI=1S/C19H22IN3O/c20-17-8-4-5-9-18(17)22-19(24)21-16-10-12-23(13-11-16)14-15-6-2-1-3-7-15/h1-9,16H,10-14H2,(H2,21,22,24). The van der Waals surface area contributed by atoms with Crippen molar-refractivity contribution in [2.24, 2.45) is 0 Å². The molecule has 1 heterocycles. The Labute approximate surface area is 156 Å². The first kappa shape index (κ1) is 17.2. The minimum atomic E-state index is -0.111. The van der Waals surface area contributed by atoms with Crippen LogP contribution in [0, 0.1) is 3.57 Å². The Morgan fingerprint density at radius 2 is 1.71 bits per heavy atom. The molecular formula is C19H22IN3O. The van der Waals surface area contributed by atoms with Gasteiger partial charge >= 0.3 is 6.03 Å². The molecule has 0 spiro atoms. The molecule has 0 saturated carbocycles. The first-order valence-electron chi connectivity index (χ1n) is 8.29. The molecule has 0 unspecified atom stereocenters. The summed E-state index contributed by atoms with van der Waals surface area (Å²) in [7, 11) is 0. The summed E-state index contributed by atoms with van der Waals surface area (Å²) in [4.78, 5) is 14.6. The Bertz CT molecular complexity index is 669. The van der Waals surface area contributed by atoms with Crippen LogP contribution in [0.25, 0.3) is 0 Å². The molecular weight excluding hydrogens is 413 g/mol. The number of hydrogen-bond donors (Lipinski definition) is 2. The summed E-state index contributed by atoms with van der Waals surface area (Å²) < 4.78 is 1.04. The van der Waals surface area contributed by atoms with Gasteiger partial charge in [0, 0.05) is 29.2 Å². The molecule has 2 aromatic rings. The van der Waals surface area contributed by atoms with Crippen molar-refractivity contribution in [1.82, 2.24) is 10.2 Å². The number of likely N-dealkylation sites (tertiary alicyclic amines) is 1. The highest BCUT2D eigenvalue weighted by Gasteiger charge is 2.20. The van der Waals surface area contributed by atoms with E-state index in [-0.39, 0.29) is 12.1 Å². The van der Waals surface area contributed by atoms with Crippen LogP contribution in [-0.2, 0) is 6.54 Å². The van der Waals surface area contributed by atoms with E-state index in [1.807, 2.05) is 30.3 Å². The fourth-order valence-electron chi connectivity index (χ4n) is 2.98. The Hall–Kier alpha value is -1.60. The molecule has 1 aliphatic heterocycles. The number of urea groups is 1. The number of rotatable bonds is 4. The van der Waals surface area contributed by atoms with Gasteiger partial charge in [-0.3, -0.25) is 4.90 Å². The van der Waals surface area contributed by atoms with Crippen molar-refractivity contribution in [2.75, 3.05) is 18.4 Å². The van der Waals surface area contributed by atoms with Crippen molar-refractivity contribution in [3.05, 3.63) is 63.7 Å². The van der Waals surface area contributed by atoms with Crippen molar-refractivity contribution in [2.45, 2.75) is 25.4 Å². The predicted octanol–water partition coefficient (Wildman–Crippen LogP) is 4.08. The molecule has 2 N–H and O–H groups in total. The smallest absolute Gasteiger partial charge is 0.319 e. The molecule has 0 atom stereocenters. The zero-order valence-corrected chi connectivity index (χ0v) is 15.7.